The van der Waals surface area contributed by atoms with E-state index < -0.39 is 0 Å². The van der Waals surface area contributed by atoms with Gasteiger partial charge < -0.3 is 5.32 Å². The molecule has 0 saturated heterocycles. The van der Waals surface area contributed by atoms with E-state index in [1.807, 2.05) is 13.1 Å². The van der Waals surface area contributed by atoms with E-state index in [2.05, 4.69) is 22.3 Å². The molecule has 1 amide bonds. The number of hydrogen-bond acceptors (Lipinski definition) is 3. The zero-order valence-corrected chi connectivity index (χ0v) is 13.2. The van der Waals surface area contributed by atoms with Crippen molar-refractivity contribution in [3.8, 4) is 0 Å². The first-order valence-electron chi connectivity index (χ1n) is 7.37. The van der Waals surface area contributed by atoms with Crippen LogP contribution in [0.2, 0.25) is 5.02 Å². The first-order valence-corrected chi connectivity index (χ1v) is 7.75. The molecule has 0 saturated carbocycles. The lowest BCUT2D eigenvalue weighted by Gasteiger charge is -2.11. The Kier molecular flexibility index (Phi) is 5.56. The van der Waals surface area contributed by atoms with E-state index in [0.717, 1.165) is 31.2 Å². The molecule has 21 heavy (non-hydrogen) atoms. The summed E-state index contributed by atoms with van der Waals surface area (Å²) in [4.78, 5) is 16.2. The van der Waals surface area contributed by atoms with Crippen LogP contribution in [-0.2, 0) is 11.2 Å². The Morgan fingerprint density at radius 1 is 1.48 bits per heavy atom. The van der Waals surface area contributed by atoms with Crippen molar-refractivity contribution in [2.45, 2.75) is 39.5 Å². The molecule has 0 aliphatic carbocycles. The van der Waals surface area contributed by atoms with Gasteiger partial charge in [0.25, 0.3) is 0 Å². The molecule has 0 bridgehead atoms. The molecule has 0 fully saturated rings. The Morgan fingerprint density at radius 3 is 3.05 bits per heavy atom. The fourth-order valence-electron chi connectivity index (χ4n) is 2.16. The number of fused-ring (bicyclic) bond motifs is 1. The van der Waals surface area contributed by atoms with Crippen molar-refractivity contribution in [3.63, 3.8) is 0 Å². The summed E-state index contributed by atoms with van der Waals surface area (Å²) in [6.07, 6.45) is 9.13. The lowest BCUT2D eigenvalue weighted by atomic mass is 10.0. The number of unbranched alkanes of at least 4 members (excludes halogenated alkanes) is 1. The quantitative estimate of drug-likeness (QED) is 0.855. The second-order valence-electron chi connectivity index (χ2n) is 5.31. The van der Waals surface area contributed by atoms with E-state index in [-0.39, 0.29) is 11.8 Å². The molecule has 2 aromatic heterocycles. The highest BCUT2D eigenvalue weighted by Gasteiger charge is 2.11. The molecular formula is C15H21ClN4O. The molecule has 2 heterocycles. The standard InChI is InChI=1S/C15H21ClN4O/c1-3-4-5-11(2)15(21)17-7-6-12-8-18-14-13(16)9-19-20(14)10-12/h8-11H,3-7H2,1-2H3,(H,17,21)/t11-/m0/s1. The molecule has 0 aliphatic rings. The maximum atomic E-state index is 11.9. The Bertz CT molecular complexity index is 611. The van der Waals surface area contributed by atoms with Crippen molar-refractivity contribution in [1.29, 1.82) is 0 Å². The number of carbonyl (C=O) groups excluding carboxylic acids is 1. The van der Waals surface area contributed by atoms with Gasteiger partial charge in [0.2, 0.25) is 5.91 Å². The number of rotatable bonds is 7. The monoisotopic (exact) mass is 308 g/mol. The van der Waals surface area contributed by atoms with E-state index in [9.17, 15) is 4.79 Å². The summed E-state index contributed by atoms with van der Waals surface area (Å²) in [5, 5.41) is 7.63. The molecule has 2 aromatic rings. The summed E-state index contributed by atoms with van der Waals surface area (Å²) >= 11 is 5.94. The molecule has 0 aromatic carbocycles. The van der Waals surface area contributed by atoms with Crippen molar-refractivity contribution < 1.29 is 4.79 Å². The maximum absolute atomic E-state index is 11.9. The smallest absolute Gasteiger partial charge is 0.222 e. The second kappa shape index (κ2) is 7.41. The van der Waals surface area contributed by atoms with Gasteiger partial charge in [0.05, 0.1) is 6.20 Å². The van der Waals surface area contributed by atoms with Gasteiger partial charge in [-0.2, -0.15) is 5.10 Å². The summed E-state index contributed by atoms with van der Waals surface area (Å²) in [5.74, 6) is 0.204. The minimum atomic E-state index is 0.0791. The van der Waals surface area contributed by atoms with Crippen LogP contribution in [0.25, 0.3) is 5.65 Å². The van der Waals surface area contributed by atoms with Crippen LogP contribution in [0.3, 0.4) is 0 Å². The van der Waals surface area contributed by atoms with Gasteiger partial charge in [-0.25, -0.2) is 9.50 Å². The van der Waals surface area contributed by atoms with Gasteiger partial charge in [0.1, 0.15) is 5.02 Å². The molecule has 0 spiro atoms. The van der Waals surface area contributed by atoms with E-state index in [1.165, 1.54) is 0 Å². The van der Waals surface area contributed by atoms with Crippen molar-refractivity contribution in [2.24, 2.45) is 5.92 Å². The average Bonchev–Trinajstić information content (AvgIpc) is 2.85. The summed E-state index contributed by atoms with van der Waals surface area (Å²) < 4.78 is 1.66. The fraction of sp³-hybridized carbons (Fsp3) is 0.533. The van der Waals surface area contributed by atoms with Gasteiger partial charge in [-0.1, -0.05) is 38.3 Å². The largest absolute Gasteiger partial charge is 0.356 e. The van der Waals surface area contributed by atoms with E-state index in [4.69, 9.17) is 11.6 Å². The van der Waals surface area contributed by atoms with Crippen LogP contribution in [0, 0.1) is 5.92 Å². The molecule has 114 valence electrons. The van der Waals surface area contributed by atoms with Gasteiger partial charge in [0.15, 0.2) is 5.65 Å². The predicted molar refractivity (Wildman–Crippen MR) is 83.4 cm³/mol. The normalized spacial score (nSPS) is 12.5. The van der Waals surface area contributed by atoms with Crippen molar-refractivity contribution in [1.82, 2.24) is 19.9 Å². The Morgan fingerprint density at radius 2 is 2.29 bits per heavy atom. The number of carbonyl (C=O) groups is 1. The van der Waals surface area contributed by atoms with Crippen LogP contribution >= 0.6 is 11.6 Å². The van der Waals surface area contributed by atoms with Gasteiger partial charge in [-0.3, -0.25) is 4.79 Å². The summed E-state index contributed by atoms with van der Waals surface area (Å²) in [5.41, 5.74) is 1.67. The van der Waals surface area contributed by atoms with E-state index in [1.54, 1.807) is 16.9 Å². The maximum Gasteiger partial charge on any atom is 0.222 e. The molecule has 6 heteroatoms. The molecule has 0 aliphatic heterocycles. The first-order chi connectivity index (χ1) is 10.1. The van der Waals surface area contributed by atoms with E-state index >= 15 is 0 Å². The van der Waals surface area contributed by atoms with Crippen molar-refractivity contribution in [2.75, 3.05) is 6.54 Å². The second-order valence-corrected chi connectivity index (χ2v) is 5.71. The van der Waals surface area contributed by atoms with Crippen LogP contribution in [0.5, 0.6) is 0 Å². The minimum Gasteiger partial charge on any atom is -0.356 e. The molecule has 2 rings (SSSR count). The highest BCUT2D eigenvalue weighted by atomic mass is 35.5. The van der Waals surface area contributed by atoms with Gasteiger partial charge in [0, 0.05) is 24.9 Å². The van der Waals surface area contributed by atoms with Gasteiger partial charge in [-0.05, 0) is 18.4 Å². The van der Waals surface area contributed by atoms with Gasteiger partial charge >= 0.3 is 0 Å². The third-order valence-corrected chi connectivity index (χ3v) is 3.78. The lowest BCUT2D eigenvalue weighted by molar-refractivity contribution is -0.124. The van der Waals surface area contributed by atoms with Crippen LogP contribution in [0.4, 0.5) is 0 Å². The first kappa shape index (κ1) is 15.8. The van der Waals surface area contributed by atoms with Crippen molar-refractivity contribution in [3.05, 3.63) is 29.2 Å². The van der Waals surface area contributed by atoms with Crippen molar-refractivity contribution >= 4 is 23.2 Å². The number of halogens is 1. The number of nitrogens with one attached hydrogen (secondary N) is 1. The number of nitrogens with zero attached hydrogens (tertiary/aromatic N) is 3. The molecule has 0 unspecified atom stereocenters. The number of amides is 1. The highest BCUT2D eigenvalue weighted by molar-refractivity contribution is 6.33. The topological polar surface area (TPSA) is 59.3 Å². The zero-order chi connectivity index (χ0) is 15.2. The van der Waals surface area contributed by atoms with Crippen LogP contribution in [-0.4, -0.2) is 27.0 Å². The van der Waals surface area contributed by atoms with Crippen LogP contribution < -0.4 is 5.32 Å². The highest BCUT2D eigenvalue weighted by Crippen LogP contribution is 2.14. The van der Waals surface area contributed by atoms with E-state index in [0.29, 0.717) is 17.2 Å². The molecule has 1 N–H and O–H groups in total. The summed E-state index contributed by atoms with van der Waals surface area (Å²) in [7, 11) is 0. The SMILES string of the molecule is CCCC[C@H](C)C(=O)NCCc1cnc2c(Cl)cnn2c1. The molecule has 5 nitrogen and oxygen atoms in total. The zero-order valence-electron chi connectivity index (χ0n) is 12.5. The molecular weight excluding hydrogens is 288 g/mol. The Balaban J connectivity index is 1.83. The molecule has 1 atom stereocenters. The van der Waals surface area contributed by atoms with Gasteiger partial charge in [-0.15, -0.1) is 0 Å². The third kappa shape index (κ3) is 4.17. The fourth-order valence-corrected chi connectivity index (χ4v) is 2.34. The minimum absolute atomic E-state index is 0.0791. The lowest BCUT2D eigenvalue weighted by Crippen LogP contribution is -2.30. The predicted octanol–water partition coefficient (Wildman–Crippen LogP) is 2.87. The van der Waals surface area contributed by atoms with Crippen LogP contribution in [0.15, 0.2) is 18.6 Å². The third-order valence-electron chi connectivity index (χ3n) is 3.52. The van der Waals surface area contributed by atoms with Crippen LogP contribution in [0.1, 0.15) is 38.7 Å². The number of aromatic nitrogens is 3. The Hall–Kier alpha value is -1.62. The summed E-state index contributed by atoms with van der Waals surface area (Å²) in [6.45, 7) is 4.72. The molecule has 0 radical (unpaired) electrons. The number of hydrogen-bond donors (Lipinski definition) is 1. The Labute approximate surface area is 129 Å². The summed E-state index contributed by atoms with van der Waals surface area (Å²) in [6, 6.07) is 0. The average molecular weight is 309 g/mol.